The zero-order chi connectivity index (χ0) is 18.0. The number of rotatable bonds is 4. The quantitative estimate of drug-likeness (QED) is 0.278. The molecule has 0 bridgehead atoms. The van der Waals surface area contributed by atoms with Gasteiger partial charge in [-0.3, -0.25) is 9.36 Å². The lowest BCUT2D eigenvalue weighted by Gasteiger charge is -2.14. The van der Waals surface area contributed by atoms with E-state index in [-0.39, 0.29) is 5.56 Å². The average molecular weight is 483 g/mol. The van der Waals surface area contributed by atoms with Gasteiger partial charge in [0.25, 0.3) is 5.56 Å². The van der Waals surface area contributed by atoms with E-state index >= 15 is 0 Å². The number of hydrogen-bond acceptors (Lipinski definition) is 3. The molecule has 0 atom stereocenters. The van der Waals surface area contributed by atoms with Gasteiger partial charge < -0.3 is 0 Å². The van der Waals surface area contributed by atoms with Crippen LogP contribution in [0.1, 0.15) is 12.5 Å². The Balaban J connectivity index is 2.26. The van der Waals surface area contributed by atoms with Crippen LogP contribution in [0.3, 0.4) is 0 Å². The third-order valence-corrected chi connectivity index (χ3v) is 5.42. The minimum atomic E-state index is -0.0492. The number of allylic oxidation sites excluding steroid dienone is 1. The normalized spacial score (nSPS) is 11.9. The smallest absolute Gasteiger partial charge is 0.266 e. The van der Waals surface area contributed by atoms with E-state index in [9.17, 15) is 4.79 Å². The number of hydrogen-bond donors (Lipinski definition) is 0. The van der Waals surface area contributed by atoms with Gasteiger partial charge in [-0.2, -0.15) is 0 Å². The number of benzene rings is 2. The van der Waals surface area contributed by atoms with Crippen LogP contribution in [0, 0.1) is 10.5 Å². The van der Waals surface area contributed by atoms with Crippen molar-refractivity contribution in [3.05, 3.63) is 73.1 Å². The molecule has 0 aliphatic heterocycles. The van der Waals surface area contributed by atoms with Crippen LogP contribution in [-0.4, -0.2) is 15.3 Å². The standard InChI is InChI=1S/C19H16ClIN2OS/c1-12-5-3-4-6-17(12)23-18(24)15-11-14(21)7-8-16(15)22-19(23)25-10-9-13(2)20/h3-9,11H,10H2,1-2H3/b13-9+. The lowest BCUT2D eigenvalue weighted by molar-refractivity contribution is 0.815. The maximum atomic E-state index is 13.2. The summed E-state index contributed by atoms with van der Waals surface area (Å²) in [6, 6.07) is 13.6. The van der Waals surface area contributed by atoms with Crippen LogP contribution in [0.5, 0.6) is 0 Å². The van der Waals surface area contributed by atoms with Gasteiger partial charge in [0.15, 0.2) is 5.16 Å². The Hall–Kier alpha value is -1.31. The molecule has 0 fully saturated rings. The van der Waals surface area contributed by atoms with Gasteiger partial charge in [0.05, 0.1) is 16.6 Å². The molecule has 128 valence electrons. The van der Waals surface area contributed by atoms with E-state index in [0.717, 1.165) is 19.9 Å². The second kappa shape index (κ2) is 7.93. The Bertz CT molecular complexity index is 1030. The zero-order valence-corrected chi connectivity index (χ0v) is 17.5. The van der Waals surface area contributed by atoms with Gasteiger partial charge in [0, 0.05) is 14.4 Å². The second-order valence-electron chi connectivity index (χ2n) is 5.58. The van der Waals surface area contributed by atoms with Gasteiger partial charge in [0.1, 0.15) is 0 Å². The van der Waals surface area contributed by atoms with E-state index < -0.39 is 0 Å². The maximum absolute atomic E-state index is 13.2. The molecule has 0 saturated heterocycles. The molecule has 0 aliphatic rings. The third-order valence-electron chi connectivity index (χ3n) is 3.73. The molecule has 0 aliphatic carbocycles. The maximum Gasteiger partial charge on any atom is 0.266 e. The van der Waals surface area contributed by atoms with Crippen molar-refractivity contribution in [1.82, 2.24) is 9.55 Å². The van der Waals surface area contributed by atoms with Crippen molar-refractivity contribution in [2.24, 2.45) is 0 Å². The van der Waals surface area contributed by atoms with Crippen molar-refractivity contribution in [2.45, 2.75) is 19.0 Å². The van der Waals surface area contributed by atoms with Crippen molar-refractivity contribution in [3.63, 3.8) is 0 Å². The predicted molar refractivity (Wildman–Crippen MR) is 115 cm³/mol. The first-order chi connectivity index (χ1) is 12.0. The summed E-state index contributed by atoms with van der Waals surface area (Å²) in [7, 11) is 0. The van der Waals surface area contributed by atoms with Gasteiger partial charge >= 0.3 is 0 Å². The molecule has 1 aromatic heterocycles. The molecule has 2 aromatic carbocycles. The highest BCUT2D eigenvalue weighted by Crippen LogP contribution is 2.24. The Morgan fingerprint density at radius 3 is 2.80 bits per heavy atom. The Morgan fingerprint density at radius 2 is 2.08 bits per heavy atom. The molecule has 0 amide bonds. The van der Waals surface area contributed by atoms with Crippen LogP contribution in [0.2, 0.25) is 0 Å². The van der Waals surface area contributed by atoms with Crippen LogP contribution in [-0.2, 0) is 0 Å². The fourth-order valence-electron chi connectivity index (χ4n) is 2.49. The molecule has 0 spiro atoms. The molecule has 0 N–H and O–H groups in total. The number of halogens is 2. The van der Waals surface area contributed by atoms with Gasteiger partial charge in [-0.05, 0) is 66.3 Å². The number of aromatic nitrogens is 2. The number of aryl methyl sites for hydroxylation is 1. The molecule has 3 rings (SSSR count). The third kappa shape index (κ3) is 4.10. The van der Waals surface area contributed by atoms with Gasteiger partial charge in [-0.25, -0.2) is 4.98 Å². The number of fused-ring (bicyclic) bond motifs is 1. The predicted octanol–water partition coefficient (Wildman–Crippen LogP) is 5.53. The summed E-state index contributed by atoms with van der Waals surface area (Å²) in [6.45, 7) is 3.84. The Morgan fingerprint density at radius 1 is 1.32 bits per heavy atom. The summed E-state index contributed by atoms with van der Waals surface area (Å²) in [5, 5.41) is 2.03. The van der Waals surface area contributed by atoms with E-state index in [4.69, 9.17) is 16.6 Å². The number of para-hydroxylation sites is 1. The lowest BCUT2D eigenvalue weighted by atomic mass is 10.2. The van der Waals surface area contributed by atoms with Crippen LogP contribution in [0.4, 0.5) is 0 Å². The summed E-state index contributed by atoms with van der Waals surface area (Å²) in [6.07, 6.45) is 1.92. The van der Waals surface area contributed by atoms with Gasteiger partial charge in [0.2, 0.25) is 0 Å². The lowest BCUT2D eigenvalue weighted by Crippen LogP contribution is -2.22. The van der Waals surface area contributed by atoms with Gasteiger partial charge in [-0.1, -0.05) is 47.6 Å². The highest BCUT2D eigenvalue weighted by molar-refractivity contribution is 14.1. The summed E-state index contributed by atoms with van der Waals surface area (Å²) in [5.74, 6) is 0.656. The van der Waals surface area contributed by atoms with E-state index in [1.165, 1.54) is 11.8 Å². The van der Waals surface area contributed by atoms with Crippen LogP contribution in [0.25, 0.3) is 16.6 Å². The summed E-state index contributed by atoms with van der Waals surface area (Å²) in [4.78, 5) is 18.0. The van der Waals surface area contributed by atoms with E-state index in [1.54, 1.807) is 4.57 Å². The molecule has 0 saturated carbocycles. The van der Waals surface area contributed by atoms with E-state index in [0.29, 0.717) is 21.8 Å². The first-order valence-corrected chi connectivity index (χ1v) is 10.1. The van der Waals surface area contributed by atoms with Crippen LogP contribution < -0.4 is 5.56 Å². The largest absolute Gasteiger partial charge is 0.268 e. The van der Waals surface area contributed by atoms with Crippen molar-refractivity contribution in [2.75, 3.05) is 5.75 Å². The molecule has 25 heavy (non-hydrogen) atoms. The average Bonchev–Trinajstić information content (AvgIpc) is 2.57. The molecular formula is C19H16ClIN2OS. The molecular weight excluding hydrogens is 467 g/mol. The minimum absolute atomic E-state index is 0.0492. The fourth-order valence-corrected chi connectivity index (χ4v) is 4.11. The van der Waals surface area contributed by atoms with Crippen molar-refractivity contribution in [1.29, 1.82) is 0 Å². The molecule has 0 radical (unpaired) electrons. The highest BCUT2D eigenvalue weighted by atomic mass is 127. The first-order valence-electron chi connectivity index (χ1n) is 7.71. The molecule has 3 aromatic rings. The zero-order valence-electron chi connectivity index (χ0n) is 13.8. The van der Waals surface area contributed by atoms with Crippen molar-refractivity contribution < 1.29 is 0 Å². The second-order valence-corrected chi connectivity index (χ2v) is 8.41. The topological polar surface area (TPSA) is 34.9 Å². The van der Waals surface area contributed by atoms with Gasteiger partial charge in [-0.15, -0.1) is 0 Å². The molecule has 1 heterocycles. The molecule has 3 nitrogen and oxygen atoms in total. The van der Waals surface area contributed by atoms with Crippen LogP contribution >= 0.6 is 46.0 Å². The summed E-state index contributed by atoms with van der Waals surface area (Å²) >= 11 is 9.64. The van der Waals surface area contributed by atoms with E-state index in [1.807, 2.05) is 62.4 Å². The number of nitrogens with zero attached hydrogens (tertiary/aromatic N) is 2. The minimum Gasteiger partial charge on any atom is -0.268 e. The summed E-state index contributed by atoms with van der Waals surface area (Å²) in [5.41, 5.74) is 2.55. The molecule has 6 heteroatoms. The monoisotopic (exact) mass is 482 g/mol. The first kappa shape index (κ1) is 18.5. The Kier molecular flexibility index (Phi) is 5.86. The highest BCUT2D eigenvalue weighted by Gasteiger charge is 2.14. The SMILES string of the molecule is C/C(Cl)=C\CSc1nc2ccc(I)cc2c(=O)n1-c1ccccc1C. The number of thioether (sulfide) groups is 1. The van der Waals surface area contributed by atoms with E-state index in [2.05, 4.69) is 22.6 Å². The molecule has 0 unspecified atom stereocenters. The summed E-state index contributed by atoms with van der Waals surface area (Å²) < 4.78 is 2.72. The van der Waals surface area contributed by atoms with Crippen LogP contribution in [0.15, 0.2) is 63.5 Å². The van der Waals surface area contributed by atoms with Crippen molar-refractivity contribution in [3.8, 4) is 5.69 Å². The fraction of sp³-hybridized carbons (Fsp3) is 0.158. The van der Waals surface area contributed by atoms with Crippen molar-refractivity contribution >= 4 is 56.9 Å². The Labute approximate surface area is 169 Å².